The molecular formula is C14H17N5O. The van der Waals surface area contributed by atoms with Gasteiger partial charge in [-0.15, -0.1) is 0 Å². The zero-order chi connectivity index (χ0) is 13.9. The zero-order valence-electron chi connectivity index (χ0n) is 11.1. The number of carbonyl (C=O) groups is 1. The maximum Gasteiger partial charge on any atom is 0.227 e. The number of anilines is 1. The van der Waals surface area contributed by atoms with Crippen LogP contribution in [0.4, 0.5) is 5.69 Å². The van der Waals surface area contributed by atoms with Crippen molar-refractivity contribution in [2.75, 3.05) is 5.32 Å². The minimum atomic E-state index is 0.0393. The van der Waals surface area contributed by atoms with E-state index in [9.17, 15) is 4.79 Å². The molecule has 6 nitrogen and oxygen atoms in total. The van der Waals surface area contributed by atoms with Crippen LogP contribution in [-0.4, -0.2) is 26.9 Å². The Morgan fingerprint density at radius 3 is 2.50 bits per heavy atom. The Hall–Kier alpha value is -2.21. The van der Waals surface area contributed by atoms with Crippen molar-refractivity contribution >= 4 is 11.6 Å². The van der Waals surface area contributed by atoms with Gasteiger partial charge in [-0.05, 0) is 43.5 Å². The molecule has 104 valence electrons. The average molecular weight is 271 g/mol. The van der Waals surface area contributed by atoms with E-state index >= 15 is 0 Å². The SMILES string of the molecule is NC1CCC(C(=O)Nc2ccc(-n3nccn3)cc2)C1. The average Bonchev–Trinajstić information content (AvgIpc) is 3.10. The Labute approximate surface area is 117 Å². The van der Waals surface area contributed by atoms with Gasteiger partial charge in [0.25, 0.3) is 0 Å². The number of hydrogen-bond donors (Lipinski definition) is 2. The molecule has 1 amide bonds. The van der Waals surface area contributed by atoms with Crippen molar-refractivity contribution in [2.24, 2.45) is 11.7 Å². The zero-order valence-corrected chi connectivity index (χ0v) is 11.1. The molecule has 1 aliphatic rings. The maximum atomic E-state index is 12.1. The number of nitrogens with one attached hydrogen (secondary N) is 1. The molecule has 0 aliphatic heterocycles. The van der Waals surface area contributed by atoms with Gasteiger partial charge in [-0.25, -0.2) is 0 Å². The van der Waals surface area contributed by atoms with Gasteiger partial charge >= 0.3 is 0 Å². The number of benzene rings is 1. The number of nitrogens with two attached hydrogens (primary N) is 1. The summed E-state index contributed by atoms with van der Waals surface area (Å²) in [5.74, 6) is 0.0976. The van der Waals surface area contributed by atoms with Gasteiger partial charge < -0.3 is 11.1 Å². The molecule has 2 aromatic rings. The van der Waals surface area contributed by atoms with Crippen molar-refractivity contribution in [3.8, 4) is 5.69 Å². The largest absolute Gasteiger partial charge is 0.328 e. The van der Waals surface area contributed by atoms with Gasteiger partial charge in [0.15, 0.2) is 0 Å². The Balaban J connectivity index is 1.65. The van der Waals surface area contributed by atoms with Gasteiger partial charge in [-0.1, -0.05) is 0 Å². The number of carbonyl (C=O) groups excluding carboxylic acids is 1. The molecule has 0 radical (unpaired) electrons. The Bertz CT molecular complexity index is 578. The minimum Gasteiger partial charge on any atom is -0.328 e. The molecule has 20 heavy (non-hydrogen) atoms. The van der Waals surface area contributed by atoms with Gasteiger partial charge in [0.1, 0.15) is 0 Å². The lowest BCUT2D eigenvalue weighted by molar-refractivity contribution is -0.119. The highest BCUT2D eigenvalue weighted by molar-refractivity contribution is 5.92. The lowest BCUT2D eigenvalue weighted by atomic mass is 10.1. The van der Waals surface area contributed by atoms with Crippen molar-refractivity contribution in [3.05, 3.63) is 36.7 Å². The van der Waals surface area contributed by atoms with E-state index in [4.69, 9.17) is 5.73 Å². The summed E-state index contributed by atoms with van der Waals surface area (Å²) in [5.41, 5.74) is 7.47. The standard InChI is InChI=1S/C14H17N5O/c15-11-2-1-10(9-11)14(20)18-12-3-5-13(6-4-12)19-16-7-8-17-19/h3-8,10-11H,1-2,9,15H2,(H,18,20). The molecule has 2 unspecified atom stereocenters. The summed E-state index contributed by atoms with van der Waals surface area (Å²) in [6.07, 6.45) is 5.84. The normalized spacial score (nSPS) is 21.9. The molecule has 1 aliphatic carbocycles. The van der Waals surface area contributed by atoms with Crippen molar-refractivity contribution in [1.29, 1.82) is 0 Å². The van der Waals surface area contributed by atoms with Gasteiger partial charge in [0, 0.05) is 17.6 Å². The second-order valence-electron chi connectivity index (χ2n) is 5.12. The lowest BCUT2D eigenvalue weighted by Gasteiger charge is -2.11. The Kier molecular flexibility index (Phi) is 3.47. The van der Waals surface area contributed by atoms with Crippen LogP contribution < -0.4 is 11.1 Å². The predicted octanol–water partition coefficient (Wildman–Crippen LogP) is 1.33. The van der Waals surface area contributed by atoms with Crippen molar-refractivity contribution in [2.45, 2.75) is 25.3 Å². The molecule has 3 rings (SSSR count). The first kappa shape index (κ1) is 12.8. The quantitative estimate of drug-likeness (QED) is 0.882. The van der Waals surface area contributed by atoms with Gasteiger partial charge in [-0.3, -0.25) is 4.79 Å². The van der Waals surface area contributed by atoms with Crippen LogP contribution in [0.25, 0.3) is 5.69 Å². The van der Waals surface area contributed by atoms with Crippen molar-refractivity contribution < 1.29 is 4.79 Å². The van der Waals surface area contributed by atoms with E-state index in [1.165, 1.54) is 4.80 Å². The van der Waals surface area contributed by atoms with E-state index in [2.05, 4.69) is 15.5 Å². The van der Waals surface area contributed by atoms with Crippen LogP contribution in [0.3, 0.4) is 0 Å². The van der Waals surface area contributed by atoms with E-state index in [0.29, 0.717) is 0 Å². The summed E-state index contributed by atoms with van der Waals surface area (Å²) in [5, 5.41) is 11.0. The number of hydrogen-bond acceptors (Lipinski definition) is 4. The van der Waals surface area contributed by atoms with Crippen LogP contribution in [0.5, 0.6) is 0 Å². The van der Waals surface area contributed by atoms with E-state index in [1.807, 2.05) is 24.3 Å². The third-order valence-corrected chi connectivity index (χ3v) is 3.63. The highest BCUT2D eigenvalue weighted by Gasteiger charge is 2.27. The molecule has 1 saturated carbocycles. The third kappa shape index (κ3) is 2.70. The van der Waals surface area contributed by atoms with E-state index < -0.39 is 0 Å². The monoisotopic (exact) mass is 271 g/mol. The highest BCUT2D eigenvalue weighted by Crippen LogP contribution is 2.25. The van der Waals surface area contributed by atoms with Crippen LogP contribution in [-0.2, 0) is 4.79 Å². The molecule has 2 atom stereocenters. The van der Waals surface area contributed by atoms with Gasteiger partial charge in [0.05, 0.1) is 18.1 Å². The second kappa shape index (κ2) is 5.42. The minimum absolute atomic E-state index is 0.0393. The van der Waals surface area contributed by atoms with Crippen LogP contribution in [0.2, 0.25) is 0 Å². The Morgan fingerprint density at radius 1 is 1.20 bits per heavy atom. The van der Waals surface area contributed by atoms with E-state index in [0.717, 1.165) is 30.6 Å². The Morgan fingerprint density at radius 2 is 1.90 bits per heavy atom. The van der Waals surface area contributed by atoms with Gasteiger partial charge in [0.2, 0.25) is 5.91 Å². The maximum absolute atomic E-state index is 12.1. The first-order valence-corrected chi connectivity index (χ1v) is 6.75. The summed E-state index contributed by atoms with van der Waals surface area (Å²) in [7, 11) is 0. The molecule has 0 spiro atoms. The number of rotatable bonds is 3. The van der Waals surface area contributed by atoms with Crippen molar-refractivity contribution in [1.82, 2.24) is 15.0 Å². The lowest BCUT2D eigenvalue weighted by Crippen LogP contribution is -2.23. The summed E-state index contributed by atoms with van der Waals surface area (Å²) in [4.78, 5) is 13.6. The smallest absolute Gasteiger partial charge is 0.227 e. The fraction of sp³-hybridized carbons (Fsp3) is 0.357. The summed E-state index contributed by atoms with van der Waals surface area (Å²) < 4.78 is 0. The number of aromatic nitrogens is 3. The molecular weight excluding hydrogens is 254 g/mol. The summed E-state index contributed by atoms with van der Waals surface area (Å²) in [6.45, 7) is 0. The number of nitrogens with zero attached hydrogens (tertiary/aromatic N) is 3. The van der Waals surface area contributed by atoms with Gasteiger partial charge in [-0.2, -0.15) is 15.0 Å². The molecule has 1 heterocycles. The fourth-order valence-electron chi connectivity index (χ4n) is 2.53. The van der Waals surface area contributed by atoms with Crippen LogP contribution in [0.1, 0.15) is 19.3 Å². The molecule has 0 saturated heterocycles. The molecule has 1 fully saturated rings. The molecule has 1 aromatic heterocycles. The highest BCUT2D eigenvalue weighted by atomic mass is 16.1. The van der Waals surface area contributed by atoms with Crippen molar-refractivity contribution in [3.63, 3.8) is 0 Å². The number of amides is 1. The topological polar surface area (TPSA) is 85.8 Å². The first-order valence-electron chi connectivity index (χ1n) is 6.75. The summed E-state index contributed by atoms with van der Waals surface area (Å²) >= 11 is 0. The predicted molar refractivity (Wildman–Crippen MR) is 75.3 cm³/mol. The fourth-order valence-corrected chi connectivity index (χ4v) is 2.53. The van der Waals surface area contributed by atoms with E-state index in [-0.39, 0.29) is 17.9 Å². The van der Waals surface area contributed by atoms with Crippen LogP contribution in [0, 0.1) is 5.92 Å². The summed E-state index contributed by atoms with van der Waals surface area (Å²) in [6, 6.07) is 7.61. The van der Waals surface area contributed by atoms with Crippen LogP contribution >= 0.6 is 0 Å². The second-order valence-corrected chi connectivity index (χ2v) is 5.12. The third-order valence-electron chi connectivity index (χ3n) is 3.63. The molecule has 1 aromatic carbocycles. The molecule has 6 heteroatoms. The van der Waals surface area contributed by atoms with Crippen LogP contribution in [0.15, 0.2) is 36.7 Å². The molecule has 0 bridgehead atoms. The molecule has 3 N–H and O–H groups in total. The van der Waals surface area contributed by atoms with E-state index in [1.54, 1.807) is 12.4 Å². The first-order chi connectivity index (χ1) is 9.72.